The van der Waals surface area contributed by atoms with E-state index in [1.807, 2.05) is 0 Å². The predicted octanol–water partition coefficient (Wildman–Crippen LogP) is 2.43. The first-order valence-corrected chi connectivity index (χ1v) is 6.69. The normalized spacial score (nSPS) is 10.2. The first-order chi connectivity index (χ1) is 9.49. The summed E-state index contributed by atoms with van der Waals surface area (Å²) in [6.07, 6.45) is 0. The monoisotopic (exact) mass is 358 g/mol. The van der Waals surface area contributed by atoms with E-state index in [-0.39, 0.29) is 12.0 Å². The highest BCUT2D eigenvalue weighted by atomic mass is 79.9. The Morgan fingerprint density at radius 1 is 1.30 bits per heavy atom. The number of hydrogen-bond acceptors (Lipinski definition) is 7. The topological polar surface area (TPSA) is 89.2 Å². The molecule has 0 bridgehead atoms. The number of hydrogen-bond donors (Lipinski definition) is 2. The minimum absolute atomic E-state index is 0.125. The van der Waals surface area contributed by atoms with E-state index in [0.717, 1.165) is 0 Å². The van der Waals surface area contributed by atoms with E-state index in [1.54, 1.807) is 37.2 Å². The molecule has 106 valence electrons. The third-order valence-electron chi connectivity index (χ3n) is 2.23. The second-order valence-electron chi connectivity index (χ2n) is 3.96. The van der Waals surface area contributed by atoms with Gasteiger partial charge in [0.05, 0.1) is 4.47 Å². The second kappa shape index (κ2) is 6.21. The lowest BCUT2D eigenvalue weighted by molar-refractivity contribution is 0.438. The molecule has 0 unspecified atom stereocenters. The number of nitrogens with zero attached hydrogens (tertiary/aromatic N) is 4. The Labute approximate surface area is 129 Å². The van der Waals surface area contributed by atoms with Crippen molar-refractivity contribution in [1.29, 1.82) is 0 Å². The summed E-state index contributed by atoms with van der Waals surface area (Å²) in [6, 6.07) is 5.26. The Balaban J connectivity index is 2.34. The molecule has 0 saturated heterocycles. The number of ether oxygens (including phenoxy) is 1. The van der Waals surface area contributed by atoms with Crippen molar-refractivity contribution >= 4 is 39.4 Å². The van der Waals surface area contributed by atoms with Gasteiger partial charge in [-0.1, -0.05) is 11.6 Å². The van der Waals surface area contributed by atoms with Crippen LogP contribution in [0.25, 0.3) is 0 Å². The first kappa shape index (κ1) is 14.8. The smallest absolute Gasteiger partial charge is 0.328 e. The number of nitrogens with two attached hydrogens (primary N) is 1. The fourth-order valence-electron chi connectivity index (χ4n) is 1.31. The van der Waals surface area contributed by atoms with Crippen molar-refractivity contribution < 1.29 is 4.74 Å². The number of nitrogens with one attached hydrogen (secondary N) is 1. The van der Waals surface area contributed by atoms with E-state index in [9.17, 15) is 0 Å². The number of anilines is 2. The van der Waals surface area contributed by atoms with Crippen molar-refractivity contribution in [2.45, 2.75) is 0 Å². The molecular formula is C11H12BrClN6O. The summed E-state index contributed by atoms with van der Waals surface area (Å²) in [5, 5.41) is 0.596. The minimum atomic E-state index is 0.125. The molecule has 0 aliphatic rings. The molecule has 0 spiro atoms. The van der Waals surface area contributed by atoms with Crippen LogP contribution in [0, 0.1) is 0 Å². The van der Waals surface area contributed by atoms with Gasteiger partial charge in [0.15, 0.2) is 0 Å². The molecular weight excluding hydrogens is 348 g/mol. The van der Waals surface area contributed by atoms with Crippen molar-refractivity contribution in [3.05, 3.63) is 27.7 Å². The zero-order valence-electron chi connectivity index (χ0n) is 10.8. The molecule has 0 fully saturated rings. The van der Waals surface area contributed by atoms with Gasteiger partial charge < -0.3 is 9.64 Å². The maximum Gasteiger partial charge on any atom is 0.328 e. The van der Waals surface area contributed by atoms with Gasteiger partial charge in [-0.3, -0.25) is 5.43 Å². The molecule has 20 heavy (non-hydrogen) atoms. The molecule has 2 rings (SSSR count). The summed E-state index contributed by atoms with van der Waals surface area (Å²) in [4.78, 5) is 14.0. The molecule has 1 aromatic heterocycles. The fraction of sp³-hybridized carbons (Fsp3) is 0.182. The molecule has 2 aromatic rings. The van der Waals surface area contributed by atoms with E-state index < -0.39 is 0 Å². The number of benzene rings is 1. The van der Waals surface area contributed by atoms with Crippen molar-refractivity contribution in [2.24, 2.45) is 5.84 Å². The van der Waals surface area contributed by atoms with Crippen LogP contribution in [0.5, 0.6) is 11.8 Å². The molecule has 9 heteroatoms. The maximum atomic E-state index is 5.87. The van der Waals surface area contributed by atoms with Gasteiger partial charge in [-0.2, -0.15) is 15.0 Å². The number of halogens is 2. The molecule has 1 heterocycles. The highest BCUT2D eigenvalue weighted by Crippen LogP contribution is 2.31. The summed E-state index contributed by atoms with van der Waals surface area (Å²) in [6.45, 7) is 0. The Bertz CT molecular complexity index is 624. The molecule has 1 aromatic carbocycles. The lowest BCUT2D eigenvalue weighted by atomic mass is 10.3. The molecule has 7 nitrogen and oxygen atoms in total. The van der Waals surface area contributed by atoms with Gasteiger partial charge in [0, 0.05) is 19.1 Å². The van der Waals surface area contributed by atoms with Crippen molar-refractivity contribution in [2.75, 3.05) is 24.4 Å². The van der Waals surface area contributed by atoms with Crippen molar-refractivity contribution in [3.63, 3.8) is 0 Å². The van der Waals surface area contributed by atoms with Crippen LogP contribution in [0.1, 0.15) is 0 Å². The SMILES string of the molecule is CN(C)c1nc(NN)nc(Oc2ccc(Cl)cc2Br)n1. The lowest BCUT2D eigenvalue weighted by Crippen LogP contribution is -2.17. The Morgan fingerprint density at radius 3 is 2.65 bits per heavy atom. The van der Waals surface area contributed by atoms with Crippen LogP contribution in [0.2, 0.25) is 5.02 Å². The standard InChI is InChI=1S/C11H12BrClN6O/c1-19(2)10-15-9(18-14)16-11(17-10)20-8-4-3-6(13)5-7(8)12/h3-5H,14H2,1-2H3,(H,15,16,17,18). The maximum absolute atomic E-state index is 5.87. The van der Waals surface area contributed by atoms with E-state index in [0.29, 0.717) is 21.2 Å². The largest absolute Gasteiger partial charge is 0.423 e. The number of rotatable bonds is 4. The summed E-state index contributed by atoms with van der Waals surface area (Å²) in [7, 11) is 3.61. The van der Waals surface area contributed by atoms with Crippen LogP contribution in [0.4, 0.5) is 11.9 Å². The third kappa shape index (κ3) is 3.47. The Hall–Kier alpha value is -1.64. The third-order valence-corrected chi connectivity index (χ3v) is 3.08. The van der Waals surface area contributed by atoms with Crippen LogP contribution in [-0.2, 0) is 0 Å². The fourth-order valence-corrected chi connectivity index (χ4v) is 2.08. The van der Waals surface area contributed by atoms with E-state index >= 15 is 0 Å². The zero-order valence-corrected chi connectivity index (χ0v) is 13.1. The summed E-state index contributed by atoms with van der Waals surface area (Å²) in [5.41, 5.74) is 2.37. The van der Waals surface area contributed by atoms with Crippen molar-refractivity contribution in [3.8, 4) is 11.8 Å². The summed E-state index contributed by atoms with van der Waals surface area (Å²) in [5.74, 6) is 6.50. The van der Waals surface area contributed by atoms with E-state index in [2.05, 4.69) is 36.3 Å². The molecule has 3 N–H and O–H groups in total. The van der Waals surface area contributed by atoms with Crippen LogP contribution in [-0.4, -0.2) is 29.0 Å². The molecule has 0 atom stereocenters. The number of nitrogen functional groups attached to an aromatic ring is 1. The van der Waals surface area contributed by atoms with Gasteiger partial charge in [0.1, 0.15) is 5.75 Å². The van der Waals surface area contributed by atoms with E-state index in [1.165, 1.54) is 0 Å². The minimum Gasteiger partial charge on any atom is -0.423 e. The number of hydrazine groups is 1. The average Bonchev–Trinajstić information content (AvgIpc) is 2.41. The van der Waals surface area contributed by atoms with Gasteiger partial charge in [-0.25, -0.2) is 5.84 Å². The summed E-state index contributed by atoms with van der Waals surface area (Å²) < 4.78 is 6.30. The van der Waals surface area contributed by atoms with Gasteiger partial charge >= 0.3 is 6.01 Å². The average molecular weight is 360 g/mol. The number of aromatic nitrogens is 3. The first-order valence-electron chi connectivity index (χ1n) is 5.52. The van der Waals surface area contributed by atoms with Crippen molar-refractivity contribution in [1.82, 2.24) is 15.0 Å². The van der Waals surface area contributed by atoms with Crippen LogP contribution in [0.15, 0.2) is 22.7 Å². The Morgan fingerprint density at radius 2 is 2.05 bits per heavy atom. The molecule has 0 saturated carbocycles. The van der Waals surface area contributed by atoms with E-state index in [4.69, 9.17) is 22.2 Å². The molecule has 0 aliphatic carbocycles. The van der Waals surface area contributed by atoms with Crippen LogP contribution >= 0.6 is 27.5 Å². The lowest BCUT2D eigenvalue weighted by Gasteiger charge is -2.13. The Kier molecular flexibility index (Phi) is 4.58. The van der Waals surface area contributed by atoms with Crippen LogP contribution < -0.4 is 20.9 Å². The molecule has 0 radical (unpaired) electrons. The van der Waals surface area contributed by atoms with Gasteiger partial charge in [0.25, 0.3) is 0 Å². The zero-order chi connectivity index (χ0) is 14.7. The van der Waals surface area contributed by atoms with Crippen LogP contribution in [0.3, 0.4) is 0 Å². The highest BCUT2D eigenvalue weighted by Gasteiger charge is 2.11. The van der Waals surface area contributed by atoms with Gasteiger partial charge in [-0.15, -0.1) is 0 Å². The van der Waals surface area contributed by atoms with Gasteiger partial charge in [-0.05, 0) is 34.1 Å². The quantitative estimate of drug-likeness (QED) is 0.640. The molecule has 0 amide bonds. The predicted molar refractivity (Wildman–Crippen MR) is 81.2 cm³/mol. The second-order valence-corrected chi connectivity index (χ2v) is 5.25. The molecule has 0 aliphatic heterocycles. The summed E-state index contributed by atoms with van der Waals surface area (Å²) >= 11 is 9.23. The van der Waals surface area contributed by atoms with Gasteiger partial charge in [0.2, 0.25) is 11.9 Å². The highest BCUT2D eigenvalue weighted by molar-refractivity contribution is 9.10.